The van der Waals surface area contributed by atoms with Crippen LogP contribution in [0.2, 0.25) is 0 Å². The molecule has 2 rings (SSSR count). The highest BCUT2D eigenvalue weighted by Gasteiger charge is 2.21. The van der Waals surface area contributed by atoms with E-state index < -0.39 is 0 Å². The van der Waals surface area contributed by atoms with Gasteiger partial charge < -0.3 is 20.1 Å². The number of aliphatic hydroxyl groups is 1. The lowest BCUT2D eigenvalue weighted by Gasteiger charge is -2.17. The lowest BCUT2D eigenvalue weighted by atomic mass is 10.1. The van der Waals surface area contributed by atoms with Gasteiger partial charge in [0.15, 0.2) is 0 Å². The monoisotopic (exact) mass is 264 g/mol. The van der Waals surface area contributed by atoms with Crippen LogP contribution in [0.4, 0.5) is 5.69 Å². The van der Waals surface area contributed by atoms with Crippen LogP contribution in [0.3, 0.4) is 0 Å². The number of carbonyl (C=O) groups is 2. The molecular weight excluding hydrogens is 248 g/mol. The molecule has 0 radical (unpaired) electrons. The summed E-state index contributed by atoms with van der Waals surface area (Å²) >= 11 is 0. The highest BCUT2D eigenvalue weighted by molar-refractivity contribution is 5.99. The molecule has 1 aliphatic heterocycles. The fourth-order valence-electron chi connectivity index (χ4n) is 1.86. The Bertz CT molecular complexity index is 501. The summed E-state index contributed by atoms with van der Waals surface area (Å²) in [6.07, 6.45) is 0.317. The zero-order chi connectivity index (χ0) is 13.8. The van der Waals surface area contributed by atoms with Crippen LogP contribution < -0.4 is 15.0 Å². The Morgan fingerprint density at radius 2 is 2.32 bits per heavy atom. The number of ether oxygens (including phenoxy) is 1. The maximum Gasteiger partial charge on any atom is 0.251 e. The number of amides is 2. The van der Waals surface area contributed by atoms with Crippen molar-refractivity contribution in [2.75, 3.05) is 31.7 Å². The summed E-state index contributed by atoms with van der Waals surface area (Å²) in [5.74, 6) is 0.251. The quantitative estimate of drug-likeness (QED) is 0.814. The number of hydrogen-bond donors (Lipinski definition) is 2. The fourth-order valence-corrected chi connectivity index (χ4v) is 1.86. The molecule has 0 unspecified atom stereocenters. The second-order valence-electron chi connectivity index (χ2n) is 4.21. The minimum Gasteiger partial charge on any atom is -0.491 e. The zero-order valence-electron chi connectivity index (χ0n) is 10.7. The number of fused-ring (bicyclic) bond motifs is 1. The third kappa shape index (κ3) is 2.85. The number of nitrogens with one attached hydrogen (secondary N) is 1. The number of nitrogens with zero attached hydrogens (tertiary/aromatic N) is 1. The van der Waals surface area contributed by atoms with Crippen LogP contribution in [-0.4, -0.2) is 43.7 Å². The molecule has 0 atom stereocenters. The number of rotatable bonds is 3. The number of benzene rings is 1. The third-order valence-corrected chi connectivity index (χ3v) is 2.93. The summed E-state index contributed by atoms with van der Waals surface area (Å²) < 4.78 is 5.47. The van der Waals surface area contributed by atoms with E-state index in [1.54, 1.807) is 25.2 Å². The Hall–Kier alpha value is -2.08. The van der Waals surface area contributed by atoms with Gasteiger partial charge in [-0.15, -0.1) is 0 Å². The summed E-state index contributed by atoms with van der Waals surface area (Å²) in [6.45, 7) is 0.422. The van der Waals surface area contributed by atoms with E-state index in [9.17, 15) is 9.59 Å². The normalized spacial score (nSPS) is 14.4. The number of aliphatic hydroxyl groups excluding tert-OH is 1. The van der Waals surface area contributed by atoms with Gasteiger partial charge in [-0.3, -0.25) is 9.59 Å². The first kappa shape index (κ1) is 13.4. The third-order valence-electron chi connectivity index (χ3n) is 2.93. The Morgan fingerprint density at radius 3 is 3.05 bits per heavy atom. The number of hydrogen-bond acceptors (Lipinski definition) is 4. The molecule has 102 valence electrons. The van der Waals surface area contributed by atoms with Gasteiger partial charge in [-0.05, 0) is 18.2 Å². The van der Waals surface area contributed by atoms with Gasteiger partial charge in [0.2, 0.25) is 5.91 Å². The predicted octanol–water partition coefficient (Wildman–Crippen LogP) is 0.154. The summed E-state index contributed by atoms with van der Waals surface area (Å²) in [5.41, 5.74) is 1.01. The standard InChI is InChI=1S/C13H16N2O4/c1-15-10-8-9(13(18)14-5-6-16)2-3-11(10)19-7-4-12(15)17/h2-3,8,16H,4-7H2,1H3,(H,14,18). The Balaban J connectivity index is 2.28. The van der Waals surface area contributed by atoms with Gasteiger partial charge in [-0.2, -0.15) is 0 Å². The molecule has 2 amide bonds. The van der Waals surface area contributed by atoms with Crippen LogP contribution in [0.15, 0.2) is 18.2 Å². The van der Waals surface area contributed by atoms with Crippen molar-refractivity contribution < 1.29 is 19.4 Å². The van der Waals surface area contributed by atoms with Crippen LogP contribution in [0.1, 0.15) is 16.8 Å². The van der Waals surface area contributed by atoms with Crippen molar-refractivity contribution in [2.45, 2.75) is 6.42 Å². The van der Waals surface area contributed by atoms with Crippen molar-refractivity contribution in [3.63, 3.8) is 0 Å². The molecule has 0 fully saturated rings. The highest BCUT2D eigenvalue weighted by Crippen LogP contribution is 2.31. The second kappa shape index (κ2) is 5.71. The maximum atomic E-state index is 11.8. The minimum atomic E-state index is -0.290. The molecule has 1 aromatic rings. The number of anilines is 1. The van der Waals surface area contributed by atoms with Crippen LogP contribution in [-0.2, 0) is 4.79 Å². The SMILES string of the molecule is CN1C(=O)CCOc2ccc(C(=O)NCCO)cc21. The van der Waals surface area contributed by atoms with E-state index in [2.05, 4.69) is 5.32 Å². The van der Waals surface area contributed by atoms with E-state index >= 15 is 0 Å². The van der Waals surface area contributed by atoms with E-state index in [1.165, 1.54) is 4.90 Å². The van der Waals surface area contributed by atoms with Crippen molar-refractivity contribution in [1.29, 1.82) is 0 Å². The van der Waals surface area contributed by atoms with Gasteiger partial charge in [0.25, 0.3) is 5.91 Å². The molecule has 1 aromatic carbocycles. The highest BCUT2D eigenvalue weighted by atomic mass is 16.5. The summed E-state index contributed by atoms with van der Waals surface area (Å²) in [5, 5.41) is 11.2. The lowest BCUT2D eigenvalue weighted by Crippen LogP contribution is -2.27. The zero-order valence-corrected chi connectivity index (χ0v) is 10.7. The largest absolute Gasteiger partial charge is 0.491 e. The van der Waals surface area contributed by atoms with E-state index in [4.69, 9.17) is 9.84 Å². The smallest absolute Gasteiger partial charge is 0.251 e. The van der Waals surface area contributed by atoms with Gasteiger partial charge >= 0.3 is 0 Å². The van der Waals surface area contributed by atoms with E-state index in [0.717, 1.165) is 0 Å². The van der Waals surface area contributed by atoms with Crippen molar-refractivity contribution >= 4 is 17.5 Å². The molecule has 1 heterocycles. The maximum absolute atomic E-state index is 11.8. The molecular formula is C13H16N2O4. The van der Waals surface area contributed by atoms with Crippen LogP contribution in [0.5, 0.6) is 5.75 Å². The Labute approximate surface area is 111 Å². The van der Waals surface area contributed by atoms with Crippen LogP contribution in [0.25, 0.3) is 0 Å². The lowest BCUT2D eigenvalue weighted by molar-refractivity contribution is -0.118. The first-order valence-electron chi connectivity index (χ1n) is 6.06. The molecule has 0 aliphatic carbocycles. The average Bonchev–Trinajstić information content (AvgIpc) is 2.56. The molecule has 0 bridgehead atoms. The molecule has 0 spiro atoms. The Morgan fingerprint density at radius 1 is 1.53 bits per heavy atom. The number of carbonyl (C=O) groups excluding carboxylic acids is 2. The van der Waals surface area contributed by atoms with Gasteiger partial charge in [-0.1, -0.05) is 0 Å². The van der Waals surface area contributed by atoms with Crippen molar-refractivity contribution in [2.24, 2.45) is 0 Å². The first-order valence-corrected chi connectivity index (χ1v) is 6.06. The first-order chi connectivity index (χ1) is 9.13. The van der Waals surface area contributed by atoms with E-state index in [-0.39, 0.29) is 25.0 Å². The predicted molar refractivity (Wildman–Crippen MR) is 69.4 cm³/mol. The molecule has 1 aliphatic rings. The summed E-state index contributed by atoms with van der Waals surface area (Å²) in [7, 11) is 1.66. The van der Waals surface area contributed by atoms with Crippen LogP contribution >= 0.6 is 0 Å². The van der Waals surface area contributed by atoms with Crippen molar-refractivity contribution in [1.82, 2.24) is 5.32 Å². The molecule has 0 aromatic heterocycles. The van der Waals surface area contributed by atoms with E-state index in [0.29, 0.717) is 30.0 Å². The second-order valence-corrected chi connectivity index (χ2v) is 4.21. The van der Waals surface area contributed by atoms with E-state index in [1.807, 2.05) is 0 Å². The molecule has 6 nitrogen and oxygen atoms in total. The van der Waals surface area contributed by atoms with Gasteiger partial charge in [0, 0.05) is 19.2 Å². The Kier molecular flexibility index (Phi) is 4.01. The van der Waals surface area contributed by atoms with Crippen molar-refractivity contribution in [3.8, 4) is 5.75 Å². The minimum absolute atomic E-state index is 0.0494. The molecule has 0 saturated carbocycles. The van der Waals surface area contributed by atoms with Gasteiger partial charge in [0.1, 0.15) is 5.75 Å². The molecule has 6 heteroatoms. The average molecular weight is 264 g/mol. The molecule has 2 N–H and O–H groups in total. The van der Waals surface area contributed by atoms with Gasteiger partial charge in [-0.25, -0.2) is 0 Å². The fraction of sp³-hybridized carbons (Fsp3) is 0.385. The van der Waals surface area contributed by atoms with Crippen molar-refractivity contribution in [3.05, 3.63) is 23.8 Å². The molecule has 19 heavy (non-hydrogen) atoms. The molecule has 0 saturated heterocycles. The topological polar surface area (TPSA) is 78.9 Å². The van der Waals surface area contributed by atoms with Gasteiger partial charge in [0.05, 0.1) is 25.3 Å². The summed E-state index contributed by atoms with van der Waals surface area (Å²) in [6, 6.07) is 4.93. The van der Waals surface area contributed by atoms with Crippen LogP contribution in [0, 0.1) is 0 Å². The summed E-state index contributed by atoms with van der Waals surface area (Å²) in [4.78, 5) is 25.0.